The minimum absolute atomic E-state index is 0.0953. The van der Waals surface area contributed by atoms with Crippen LogP contribution >= 0.6 is 0 Å². The summed E-state index contributed by atoms with van der Waals surface area (Å²) < 4.78 is 5.32. The Morgan fingerprint density at radius 3 is 2.50 bits per heavy atom. The van der Waals surface area contributed by atoms with Gasteiger partial charge in [0.15, 0.2) is 5.60 Å². The van der Waals surface area contributed by atoms with Gasteiger partial charge in [-0.15, -0.1) is 0 Å². The first kappa shape index (κ1) is 15.3. The summed E-state index contributed by atoms with van der Waals surface area (Å²) in [5, 5.41) is 46.9. The van der Waals surface area contributed by atoms with Crippen LogP contribution in [0.15, 0.2) is 0 Å². The molecule has 0 aliphatic carbocycles. The molecule has 0 spiro atoms. The predicted octanol–water partition coefficient (Wildman–Crippen LogP) is -1.67. The molecule has 1 aliphatic rings. The second-order valence-corrected chi connectivity index (χ2v) is 4.99. The van der Waals surface area contributed by atoms with Gasteiger partial charge in [0.25, 0.3) is 0 Å². The molecular weight excluding hydrogens is 244 g/mol. The molecule has 0 unspecified atom stereocenters. The van der Waals surface area contributed by atoms with Gasteiger partial charge in [-0.2, -0.15) is 0 Å². The molecule has 1 rings (SSSR count). The standard InChI is InChI=1S/C11H20O7/c1-5-6(13)3-11(2,10(16)17)18-9(5)8(15)7(14)4-12/h5-9,12-15H,3-4H2,1-2H3,(H,16,17)/t5-,6-,7-,8-,9-,11-/m1/s1. The molecule has 1 aliphatic heterocycles. The highest BCUT2D eigenvalue weighted by Crippen LogP contribution is 2.35. The molecule has 7 heteroatoms. The van der Waals surface area contributed by atoms with Crippen molar-refractivity contribution in [1.82, 2.24) is 0 Å². The highest BCUT2D eigenvalue weighted by Gasteiger charge is 2.49. The smallest absolute Gasteiger partial charge is 0.335 e. The molecule has 7 nitrogen and oxygen atoms in total. The van der Waals surface area contributed by atoms with Crippen LogP contribution in [0.1, 0.15) is 20.3 Å². The number of hydrogen-bond donors (Lipinski definition) is 5. The minimum atomic E-state index is -1.62. The molecule has 106 valence electrons. The first-order valence-electron chi connectivity index (χ1n) is 5.79. The molecule has 5 N–H and O–H groups in total. The Hall–Kier alpha value is -0.730. The Balaban J connectivity index is 2.92. The number of aliphatic hydroxyl groups is 4. The van der Waals surface area contributed by atoms with Gasteiger partial charge < -0.3 is 30.3 Å². The Bertz CT molecular complexity index is 308. The van der Waals surface area contributed by atoms with Crippen molar-refractivity contribution < 1.29 is 35.1 Å². The van der Waals surface area contributed by atoms with Gasteiger partial charge >= 0.3 is 5.97 Å². The Kier molecular flexibility index (Phi) is 4.68. The van der Waals surface area contributed by atoms with Crippen molar-refractivity contribution in [3.05, 3.63) is 0 Å². The van der Waals surface area contributed by atoms with Crippen LogP contribution in [0.25, 0.3) is 0 Å². The van der Waals surface area contributed by atoms with Crippen molar-refractivity contribution in [2.75, 3.05) is 6.61 Å². The van der Waals surface area contributed by atoms with E-state index >= 15 is 0 Å². The predicted molar refractivity (Wildman–Crippen MR) is 59.8 cm³/mol. The van der Waals surface area contributed by atoms with E-state index in [-0.39, 0.29) is 6.42 Å². The number of carboxylic acid groups (broad SMARTS) is 1. The molecule has 0 aromatic carbocycles. The summed E-state index contributed by atoms with van der Waals surface area (Å²) in [4.78, 5) is 11.1. The fourth-order valence-corrected chi connectivity index (χ4v) is 2.11. The zero-order valence-corrected chi connectivity index (χ0v) is 10.4. The summed E-state index contributed by atoms with van der Waals surface area (Å²) in [6, 6.07) is 0. The topological polar surface area (TPSA) is 127 Å². The molecule has 6 atom stereocenters. The lowest BCUT2D eigenvalue weighted by Crippen LogP contribution is -2.59. The molecule has 0 saturated carbocycles. The number of carbonyl (C=O) groups is 1. The third-order valence-corrected chi connectivity index (χ3v) is 3.49. The number of carboxylic acids is 1. The largest absolute Gasteiger partial charge is 0.479 e. The monoisotopic (exact) mass is 264 g/mol. The average Bonchev–Trinajstić information content (AvgIpc) is 2.31. The van der Waals surface area contributed by atoms with Crippen molar-refractivity contribution in [1.29, 1.82) is 0 Å². The van der Waals surface area contributed by atoms with Crippen LogP contribution in [-0.2, 0) is 9.53 Å². The van der Waals surface area contributed by atoms with Crippen LogP contribution in [0.3, 0.4) is 0 Å². The van der Waals surface area contributed by atoms with Gasteiger partial charge in [0, 0.05) is 12.3 Å². The van der Waals surface area contributed by atoms with Gasteiger partial charge in [-0.3, -0.25) is 0 Å². The van der Waals surface area contributed by atoms with E-state index in [4.69, 9.17) is 14.9 Å². The summed E-state index contributed by atoms with van der Waals surface area (Å²) in [6.07, 6.45) is -5.02. The summed E-state index contributed by atoms with van der Waals surface area (Å²) in [5.41, 5.74) is -1.62. The summed E-state index contributed by atoms with van der Waals surface area (Å²) >= 11 is 0. The first-order chi connectivity index (χ1) is 8.23. The highest BCUT2D eigenvalue weighted by molar-refractivity contribution is 5.77. The quantitative estimate of drug-likeness (QED) is 0.411. The molecule has 1 saturated heterocycles. The fourth-order valence-electron chi connectivity index (χ4n) is 2.11. The van der Waals surface area contributed by atoms with Crippen LogP contribution in [-0.4, -0.2) is 68.1 Å². The lowest BCUT2D eigenvalue weighted by Gasteiger charge is -2.44. The molecule has 0 bridgehead atoms. The third-order valence-electron chi connectivity index (χ3n) is 3.49. The number of rotatable bonds is 4. The van der Waals surface area contributed by atoms with Gasteiger partial charge in [-0.25, -0.2) is 4.79 Å². The van der Waals surface area contributed by atoms with Gasteiger partial charge in [-0.05, 0) is 6.92 Å². The molecule has 1 heterocycles. The van der Waals surface area contributed by atoms with E-state index in [1.807, 2.05) is 0 Å². The highest BCUT2D eigenvalue weighted by atomic mass is 16.6. The molecule has 18 heavy (non-hydrogen) atoms. The van der Waals surface area contributed by atoms with Crippen LogP contribution in [0.4, 0.5) is 0 Å². The second-order valence-electron chi connectivity index (χ2n) is 4.99. The van der Waals surface area contributed by atoms with E-state index in [2.05, 4.69) is 0 Å². The van der Waals surface area contributed by atoms with Crippen LogP contribution in [0.2, 0.25) is 0 Å². The normalized spacial score (nSPS) is 40.2. The number of ether oxygens (including phenoxy) is 1. The van der Waals surface area contributed by atoms with Crippen molar-refractivity contribution >= 4 is 5.97 Å². The van der Waals surface area contributed by atoms with E-state index in [0.29, 0.717) is 0 Å². The van der Waals surface area contributed by atoms with E-state index in [0.717, 1.165) is 0 Å². The van der Waals surface area contributed by atoms with Crippen molar-refractivity contribution in [3.63, 3.8) is 0 Å². The molecule has 0 aromatic heterocycles. The van der Waals surface area contributed by atoms with Gasteiger partial charge in [-0.1, -0.05) is 6.92 Å². The van der Waals surface area contributed by atoms with Crippen molar-refractivity contribution in [2.24, 2.45) is 5.92 Å². The summed E-state index contributed by atoms with van der Waals surface area (Å²) in [5.74, 6) is -1.79. The molecule has 1 fully saturated rings. The second kappa shape index (κ2) is 5.50. The Morgan fingerprint density at radius 1 is 1.50 bits per heavy atom. The maximum atomic E-state index is 11.1. The minimum Gasteiger partial charge on any atom is -0.479 e. The van der Waals surface area contributed by atoms with Crippen molar-refractivity contribution in [2.45, 2.75) is 50.3 Å². The third kappa shape index (κ3) is 2.81. The van der Waals surface area contributed by atoms with E-state index in [1.54, 1.807) is 6.92 Å². The van der Waals surface area contributed by atoms with E-state index in [9.17, 15) is 20.1 Å². The molecule has 0 amide bonds. The lowest BCUT2D eigenvalue weighted by molar-refractivity contribution is -0.232. The summed E-state index contributed by atoms with van der Waals surface area (Å²) in [6.45, 7) is 2.22. The number of aliphatic carboxylic acids is 1. The Labute approximate surface area is 105 Å². The fraction of sp³-hybridized carbons (Fsp3) is 0.909. The van der Waals surface area contributed by atoms with E-state index < -0.39 is 48.5 Å². The van der Waals surface area contributed by atoms with Gasteiger partial charge in [0.1, 0.15) is 12.2 Å². The average molecular weight is 264 g/mol. The zero-order chi connectivity index (χ0) is 14.1. The molecule has 0 radical (unpaired) electrons. The van der Waals surface area contributed by atoms with Crippen LogP contribution in [0, 0.1) is 5.92 Å². The van der Waals surface area contributed by atoms with Gasteiger partial charge in [0.2, 0.25) is 0 Å². The first-order valence-corrected chi connectivity index (χ1v) is 5.79. The number of aliphatic hydroxyl groups excluding tert-OH is 4. The van der Waals surface area contributed by atoms with Gasteiger partial charge in [0.05, 0.1) is 18.8 Å². The van der Waals surface area contributed by atoms with E-state index in [1.165, 1.54) is 6.92 Å². The summed E-state index contributed by atoms with van der Waals surface area (Å²) in [7, 11) is 0. The Morgan fingerprint density at radius 2 is 2.06 bits per heavy atom. The van der Waals surface area contributed by atoms with Crippen LogP contribution < -0.4 is 0 Å². The number of hydrogen-bond acceptors (Lipinski definition) is 6. The maximum absolute atomic E-state index is 11.1. The lowest BCUT2D eigenvalue weighted by atomic mass is 9.81. The molecule has 0 aromatic rings. The zero-order valence-electron chi connectivity index (χ0n) is 10.4. The SMILES string of the molecule is C[C@H]1[C@H]([C@H](O)[C@H](O)CO)O[C@@](C)(C(=O)O)C[C@H]1O. The molecular formula is C11H20O7. The van der Waals surface area contributed by atoms with Crippen LogP contribution in [0.5, 0.6) is 0 Å². The maximum Gasteiger partial charge on any atom is 0.335 e. The van der Waals surface area contributed by atoms with Crippen molar-refractivity contribution in [3.8, 4) is 0 Å².